The molecule has 2 amide bonds. The van der Waals surface area contributed by atoms with Crippen LogP contribution in [0.3, 0.4) is 0 Å². The minimum absolute atomic E-state index is 0.226. The van der Waals surface area contributed by atoms with Crippen molar-refractivity contribution in [3.8, 4) is 5.75 Å². The summed E-state index contributed by atoms with van der Waals surface area (Å²) in [6, 6.07) is 15.1. The van der Waals surface area contributed by atoms with Gasteiger partial charge in [0.1, 0.15) is 22.8 Å². The lowest BCUT2D eigenvalue weighted by Crippen LogP contribution is -2.63. The first-order valence-electron chi connectivity index (χ1n) is 10.3. The van der Waals surface area contributed by atoms with Crippen LogP contribution in [0.2, 0.25) is 0 Å². The van der Waals surface area contributed by atoms with Crippen molar-refractivity contribution < 1.29 is 18.7 Å². The molecule has 0 saturated carbocycles. The first-order chi connectivity index (χ1) is 15.3. The molecule has 166 valence electrons. The number of rotatable bonds is 6. The number of methoxy groups -OCH3 is 1. The quantitative estimate of drug-likeness (QED) is 0.644. The van der Waals surface area contributed by atoms with Crippen LogP contribution >= 0.6 is 0 Å². The highest BCUT2D eigenvalue weighted by Gasteiger charge is 2.47. The van der Waals surface area contributed by atoms with Gasteiger partial charge >= 0.3 is 0 Å². The molecular weight excluding hydrogens is 411 g/mol. The molecule has 0 radical (unpaired) electrons. The second kappa shape index (κ2) is 8.45. The lowest BCUT2D eigenvalue weighted by molar-refractivity contribution is -0.133. The Morgan fingerprint density at radius 1 is 1.16 bits per heavy atom. The van der Waals surface area contributed by atoms with Crippen LogP contribution in [0, 0.1) is 12.7 Å². The molecule has 0 saturated heterocycles. The van der Waals surface area contributed by atoms with Gasteiger partial charge in [0.2, 0.25) is 5.91 Å². The molecule has 1 N–H and O–H groups in total. The molecule has 0 aliphatic carbocycles. The Hall–Kier alpha value is -3.68. The van der Waals surface area contributed by atoms with E-state index in [-0.39, 0.29) is 37.3 Å². The predicted molar refractivity (Wildman–Crippen MR) is 116 cm³/mol. The largest absolute Gasteiger partial charge is 0.497 e. The standard InChI is InChI=1S/C24H25FN4O3/c1-16-12-21-22(30)28(14-18-6-10-20(32-3)11-7-18)24(2,15-29(21)27-16)23(31)26-13-17-4-8-19(25)9-5-17/h4-12H,13-15H2,1-3H3,(H,26,31). The van der Waals surface area contributed by atoms with Gasteiger partial charge in [-0.3, -0.25) is 14.3 Å². The summed E-state index contributed by atoms with van der Waals surface area (Å²) >= 11 is 0. The van der Waals surface area contributed by atoms with E-state index in [2.05, 4.69) is 10.4 Å². The third-order valence-electron chi connectivity index (χ3n) is 5.78. The summed E-state index contributed by atoms with van der Waals surface area (Å²) in [6.07, 6.45) is 0. The van der Waals surface area contributed by atoms with Gasteiger partial charge in [0.15, 0.2) is 0 Å². The van der Waals surface area contributed by atoms with Gasteiger partial charge in [0.05, 0.1) is 19.3 Å². The fraction of sp³-hybridized carbons (Fsp3) is 0.292. The number of carbonyl (C=O) groups excluding carboxylic acids is 2. The first-order valence-corrected chi connectivity index (χ1v) is 10.3. The molecule has 7 nitrogen and oxygen atoms in total. The summed E-state index contributed by atoms with van der Waals surface area (Å²) in [4.78, 5) is 28.4. The van der Waals surface area contributed by atoms with E-state index in [4.69, 9.17) is 4.74 Å². The van der Waals surface area contributed by atoms with Gasteiger partial charge in [-0.2, -0.15) is 5.10 Å². The molecule has 4 rings (SSSR count). The number of nitrogens with zero attached hydrogens (tertiary/aromatic N) is 3. The molecule has 3 aromatic rings. The summed E-state index contributed by atoms with van der Waals surface area (Å²) in [5.74, 6) is -0.182. The normalized spacial score (nSPS) is 17.8. The minimum Gasteiger partial charge on any atom is -0.497 e. The second-order valence-corrected chi connectivity index (χ2v) is 8.15. The lowest BCUT2D eigenvalue weighted by Gasteiger charge is -2.43. The van der Waals surface area contributed by atoms with Gasteiger partial charge in [-0.1, -0.05) is 24.3 Å². The average molecular weight is 436 g/mol. The topological polar surface area (TPSA) is 76.5 Å². The number of halogens is 1. The average Bonchev–Trinajstić information content (AvgIpc) is 3.16. The Labute approximate surface area is 185 Å². The maximum Gasteiger partial charge on any atom is 0.273 e. The molecule has 0 fully saturated rings. The lowest BCUT2D eigenvalue weighted by atomic mass is 9.94. The minimum atomic E-state index is -1.16. The van der Waals surface area contributed by atoms with Crippen molar-refractivity contribution in [3.63, 3.8) is 0 Å². The van der Waals surface area contributed by atoms with Crippen LogP contribution in [0.15, 0.2) is 54.6 Å². The summed E-state index contributed by atoms with van der Waals surface area (Å²) in [6.45, 7) is 4.28. The molecule has 1 atom stereocenters. The van der Waals surface area contributed by atoms with E-state index in [0.717, 1.165) is 11.1 Å². The predicted octanol–water partition coefficient (Wildman–Crippen LogP) is 3.07. The Morgan fingerprint density at radius 2 is 1.81 bits per heavy atom. The summed E-state index contributed by atoms with van der Waals surface area (Å²) < 4.78 is 20.0. The van der Waals surface area contributed by atoms with Crippen LogP contribution in [0.4, 0.5) is 4.39 Å². The highest BCUT2D eigenvalue weighted by molar-refractivity contribution is 5.99. The number of nitrogens with one attached hydrogen (secondary N) is 1. The number of carbonyl (C=O) groups is 2. The van der Waals surface area contributed by atoms with E-state index in [0.29, 0.717) is 17.1 Å². The summed E-state index contributed by atoms with van der Waals surface area (Å²) in [5, 5.41) is 7.31. The van der Waals surface area contributed by atoms with Crippen molar-refractivity contribution in [3.05, 3.63) is 82.9 Å². The zero-order valence-electron chi connectivity index (χ0n) is 18.3. The molecular formula is C24H25FN4O3. The van der Waals surface area contributed by atoms with Gasteiger partial charge in [-0.05, 0) is 55.3 Å². The Morgan fingerprint density at radius 3 is 2.47 bits per heavy atom. The number of amides is 2. The van der Waals surface area contributed by atoms with Crippen molar-refractivity contribution >= 4 is 11.8 Å². The van der Waals surface area contributed by atoms with Crippen LogP contribution in [0.1, 0.15) is 34.2 Å². The number of hydrogen-bond donors (Lipinski definition) is 1. The van der Waals surface area contributed by atoms with E-state index >= 15 is 0 Å². The van der Waals surface area contributed by atoms with Gasteiger partial charge in [-0.25, -0.2) is 4.39 Å². The monoisotopic (exact) mass is 436 g/mol. The third-order valence-corrected chi connectivity index (χ3v) is 5.78. The maximum atomic E-state index is 13.4. The van der Waals surface area contributed by atoms with Crippen molar-refractivity contribution in [1.29, 1.82) is 0 Å². The molecule has 0 spiro atoms. The molecule has 1 aromatic heterocycles. The summed E-state index contributed by atoms with van der Waals surface area (Å²) in [5.41, 5.74) is 1.65. The zero-order valence-corrected chi connectivity index (χ0v) is 18.3. The van der Waals surface area contributed by atoms with Gasteiger partial charge in [0, 0.05) is 13.1 Å². The van der Waals surface area contributed by atoms with E-state index < -0.39 is 5.54 Å². The number of benzene rings is 2. The number of ether oxygens (including phenoxy) is 1. The van der Waals surface area contributed by atoms with Crippen LogP contribution < -0.4 is 10.1 Å². The maximum absolute atomic E-state index is 13.4. The molecule has 1 aliphatic rings. The highest BCUT2D eigenvalue weighted by atomic mass is 19.1. The fourth-order valence-corrected chi connectivity index (χ4v) is 3.91. The molecule has 32 heavy (non-hydrogen) atoms. The number of hydrogen-bond acceptors (Lipinski definition) is 4. The van der Waals surface area contributed by atoms with Crippen LogP contribution in [0.5, 0.6) is 5.75 Å². The molecule has 8 heteroatoms. The number of aryl methyl sites for hydroxylation is 1. The number of fused-ring (bicyclic) bond motifs is 1. The van der Waals surface area contributed by atoms with Crippen molar-refractivity contribution in [2.45, 2.75) is 39.0 Å². The van der Waals surface area contributed by atoms with Gasteiger partial charge in [-0.15, -0.1) is 0 Å². The van der Waals surface area contributed by atoms with Crippen LogP contribution in [-0.2, 0) is 24.4 Å². The smallest absolute Gasteiger partial charge is 0.273 e. The Kier molecular flexibility index (Phi) is 5.69. The van der Waals surface area contributed by atoms with Gasteiger partial charge in [0.25, 0.3) is 5.91 Å². The molecule has 0 bridgehead atoms. The Balaban J connectivity index is 1.62. The fourth-order valence-electron chi connectivity index (χ4n) is 3.91. The third kappa shape index (κ3) is 4.08. The van der Waals surface area contributed by atoms with Gasteiger partial charge < -0.3 is 15.0 Å². The highest BCUT2D eigenvalue weighted by Crippen LogP contribution is 2.30. The van der Waals surface area contributed by atoms with E-state index in [1.54, 1.807) is 41.8 Å². The van der Waals surface area contributed by atoms with E-state index in [1.165, 1.54) is 12.1 Å². The van der Waals surface area contributed by atoms with E-state index in [1.807, 2.05) is 31.2 Å². The first kappa shape index (κ1) is 21.5. The second-order valence-electron chi connectivity index (χ2n) is 8.15. The van der Waals surface area contributed by atoms with Crippen LogP contribution in [0.25, 0.3) is 0 Å². The molecule has 2 heterocycles. The molecule has 1 unspecified atom stereocenters. The number of aromatic nitrogens is 2. The SMILES string of the molecule is COc1ccc(CN2C(=O)c3cc(C)nn3CC2(C)C(=O)NCc2ccc(F)cc2)cc1. The Bertz CT molecular complexity index is 1140. The molecule has 2 aromatic carbocycles. The summed E-state index contributed by atoms with van der Waals surface area (Å²) in [7, 11) is 1.59. The van der Waals surface area contributed by atoms with E-state index in [9.17, 15) is 14.0 Å². The van der Waals surface area contributed by atoms with Crippen LogP contribution in [-0.4, -0.2) is 39.1 Å². The molecule has 1 aliphatic heterocycles. The zero-order chi connectivity index (χ0) is 22.9. The van der Waals surface area contributed by atoms with Crippen molar-refractivity contribution in [2.24, 2.45) is 0 Å². The van der Waals surface area contributed by atoms with Crippen molar-refractivity contribution in [1.82, 2.24) is 20.0 Å². The van der Waals surface area contributed by atoms with Crippen molar-refractivity contribution in [2.75, 3.05) is 7.11 Å².